The third-order valence-corrected chi connectivity index (χ3v) is 8.62. The van der Waals surface area contributed by atoms with Crippen LogP contribution in [0.25, 0.3) is 10.8 Å². The number of nitrogens with zero attached hydrogens (tertiary/aromatic N) is 6. The van der Waals surface area contributed by atoms with Crippen LogP contribution in [0.15, 0.2) is 134 Å². The molecule has 0 aliphatic rings. The molecule has 0 fully saturated rings. The standard InChI is InChI=1S/C41H39N7O4/c1-25-19-36(38(51-3)22-34(25)44-43-32-8-6-5-7-9-32)46-45-35-23-39(52-4)37(21-30(35)24-49)47-48-40-26(2)18-29-20-28(14-17-33(29)41(40)50)11-10-27-12-15-31(42)16-13-27/h5-9,12-23,49-50H,10-11,24,42H2,1-4H3. The van der Waals surface area contributed by atoms with Gasteiger partial charge in [0.25, 0.3) is 0 Å². The van der Waals surface area contributed by atoms with Gasteiger partial charge in [0.1, 0.15) is 28.6 Å². The number of anilines is 1. The summed E-state index contributed by atoms with van der Waals surface area (Å²) in [5.74, 6) is 0.852. The largest absolute Gasteiger partial charge is 0.505 e. The molecule has 11 nitrogen and oxygen atoms in total. The maximum absolute atomic E-state index is 11.3. The van der Waals surface area contributed by atoms with E-state index in [1.54, 1.807) is 31.4 Å². The van der Waals surface area contributed by atoms with Crippen LogP contribution in [0.5, 0.6) is 17.2 Å². The number of ether oxygens (including phenoxy) is 2. The summed E-state index contributed by atoms with van der Waals surface area (Å²) in [6, 6.07) is 32.2. The molecule has 0 spiro atoms. The van der Waals surface area contributed by atoms with Crippen LogP contribution in [-0.4, -0.2) is 24.4 Å². The van der Waals surface area contributed by atoms with Crippen molar-refractivity contribution in [1.29, 1.82) is 0 Å². The van der Waals surface area contributed by atoms with E-state index in [2.05, 4.69) is 36.8 Å². The minimum Gasteiger partial charge on any atom is -0.505 e. The smallest absolute Gasteiger partial charge is 0.151 e. The SMILES string of the molecule is COc1cc(N=Nc2ccccc2)c(C)cc1N=Nc1cc(OC)c(N=Nc2c(C)cc3cc(CCc4ccc(N)cc4)ccc3c2O)cc1CO. The summed E-state index contributed by atoms with van der Waals surface area (Å²) in [5.41, 5.74) is 13.9. The first kappa shape index (κ1) is 35.4. The Morgan fingerprint density at radius 3 is 1.92 bits per heavy atom. The average molecular weight is 694 g/mol. The monoisotopic (exact) mass is 693 g/mol. The van der Waals surface area contributed by atoms with Gasteiger partial charge in [0.05, 0.1) is 37.9 Å². The van der Waals surface area contributed by atoms with E-state index in [0.717, 1.165) is 46.3 Å². The molecule has 6 aromatic rings. The Morgan fingerprint density at radius 2 is 1.21 bits per heavy atom. The number of aryl methyl sites for hydroxylation is 4. The van der Waals surface area contributed by atoms with Crippen LogP contribution in [0, 0.1) is 13.8 Å². The number of nitrogens with two attached hydrogens (primary N) is 1. The summed E-state index contributed by atoms with van der Waals surface area (Å²) in [6.07, 6.45) is 1.73. The zero-order chi connectivity index (χ0) is 36.6. The molecule has 0 saturated carbocycles. The number of aromatic hydroxyl groups is 1. The maximum atomic E-state index is 11.3. The highest BCUT2D eigenvalue weighted by Crippen LogP contribution is 2.42. The quantitative estimate of drug-likeness (QED) is 0.0857. The van der Waals surface area contributed by atoms with Crippen LogP contribution in [-0.2, 0) is 19.4 Å². The number of rotatable bonds is 12. The van der Waals surface area contributed by atoms with Crippen LogP contribution in [0.3, 0.4) is 0 Å². The van der Waals surface area contributed by atoms with Crippen molar-refractivity contribution < 1.29 is 19.7 Å². The fourth-order valence-electron chi connectivity index (χ4n) is 5.71. The molecular weight excluding hydrogens is 654 g/mol. The fourth-order valence-corrected chi connectivity index (χ4v) is 5.71. The van der Waals surface area contributed by atoms with Gasteiger partial charge in [-0.25, -0.2) is 0 Å². The third-order valence-electron chi connectivity index (χ3n) is 8.62. The summed E-state index contributed by atoms with van der Waals surface area (Å²) in [5, 5.41) is 49.5. The third kappa shape index (κ3) is 8.11. The van der Waals surface area contributed by atoms with Gasteiger partial charge in [-0.1, -0.05) is 48.5 Å². The molecule has 0 unspecified atom stereocenters. The van der Waals surface area contributed by atoms with E-state index in [0.29, 0.717) is 50.9 Å². The van der Waals surface area contributed by atoms with Gasteiger partial charge in [-0.15, -0.1) is 20.5 Å². The van der Waals surface area contributed by atoms with Gasteiger partial charge in [-0.2, -0.15) is 10.2 Å². The lowest BCUT2D eigenvalue weighted by molar-refractivity contribution is 0.282. The molecule has 0 heterocycles. The molecule has 4 N–H and O–H groups in total. The van der Waals surface area contributed by atoms with E-state index in [-0.39, 0.29) is 12.4 Å². The zero-order valence-corrected chi connectivity index (χ0v) is 29.4. The molecule has 52 heavy (non-hydrogen) atoms. The van der Waals surface area contributed by atoms with Crippen molar-refractivity contribution in [2.45, 2.75) is 33.3 Å². The van der Waals surface area contributed by atoms with E-state index < -0.39 is 0 Å². The van der Waals surface area contributed by atoms with Crippen LogP contribution < -0.4 is 15.2 Å². The second-order valence-corrected chi connectivity index (χ2v) is 12.2. The summed E-state index contributed by atoms with van der Waals surface area (Å²) >= 11 is 0. The Morgan fingerprint density at radius 1 is 0.596 bits per heavy atom. The number of azo groups is 3. The number of methoxy groups -OCH3 is 2. The summed E-state index contributed by atoms with van der Waals surface area (Å²) in [4.78, 5) is 0. The van der Waals surface area contributed by atoms with Crippen molar-refractivity contribution in [3.8, 4) is 17.2 Å². The van der Waals surface area contributed by atoms with Crippen LogP contribution in [0.4, 0.5) is 39.8 Å². The minimum atomic E-state index is -0.337. The number of phenolic OH excluding ortho intramolecular Hbond substituents is 1. The van der Waals surface area contributed by atoms with E-state index in [4.69, 9.17) is 15.2 Å². The molecule has 6 rings (SSSR count). The Balaban J connectivity index is 1.23. The topological polar surface area (TPSA) is 159 Å². The molecule has 0 aliphatic heterocycles. The molecule has 0 saturated heterocycles. The van der Waals surface area contributed by atoms with E-state index in [1.807, 2.05) is 86.6 Å². The predicted molar refractivity (Wildman–Crippen MR) is 204 cm³/mol. The number of aliphatic hydroxyl groups excluding tert-OH is 1. The van der Waals surface area contributed by atoms with Crippen molar-refractivity contribution >= 4 is 50.6 Å². The molecule has 262 valence electrons. The number of phenols is 1. The molecule has 0 radical (unpaired) electrons. The molecule has 0 atom stereocenters. The van der Waals surface area contributed by atoms with E-state index >= 15 is 0 Å². The fraction of sp³-hybridized carbons (Fsp3) is 0.171. The van der Waals surface area contributed by atoms with Crippen molar-refractivity contribution in [2.75, 3.05) is 20.0 Å². The lowest BCUT2D eigenvalue weighted by Gasteiger charge is -2.11. The highest BCUT2D eigenvalue weighted by molar-refractivity contribution is 5.94. The Bertz CT molecular complexity index is 2300. The van der Waals surface area contributed by atoms with Gasteiger partial charge in [0.15, 0.2) is 5.75 Å². The van der Waals surface area contributed by atoms with Crippen LogP contribution >= 0.6 is 0 Å². The first-order valence-corrected chi connectivity index (χ1v) is 16.7. The normalized spacial score (nSPS) is 11.7. The number of aliphatic hydroxyl groups is 1. The van der Waals surface area contributed by atoms with Crippen molar-refractivity contribution in [2.24, 2.45) is 30.7 Å². The van der Waals surface area contributed by atoms with E-state index in [1.165, 1.54) is 12.7 Å². The molecule has 0 aromatic heterocycles. The van der Waals surface area contributed by atoms with Gasteiger partial charge in [-0.05, 0) is 96.8 Å². The predicted octanol–water partition coefficient (Wildman–Crippen LogP) is 11.3. The number of hydrogen-bond acceptors (Lipinski definition) is 11. The minimum absolute atomic E-state index is 0.0346. The highest BCUT2D eigenvalue weighted by Gasteiger charge is 2.15. The van der Waals surface area contributed by atoms with Gasteiger partial charge >= 0.3 is 0 Å². The molecular formula is C41H39N7O4. The molecule has 0 amide bonds. The second-order valence-electron chi connectivity index (χ2n) is 12.2. The highest BCUT2D eigenvalue weighted by atomic mass is 16.5. The van der Waals surface area contributed by atoms with Gasteiger partial charge < -0.3 is 25.4 Å². The number of nitrogen functional groups attached to an aromatic ring is 1. The number of fused-ring (bicyclic) bond motifs is 1. The Kier molecular flexibility index (Phi) is 10.9. The summed E-state index contributed by atoms with van der Waals surface area (Å²) in [7, 11) is 3.05. The van der Waals surface area contributed by atoms with Crippen LogP contribution in [0.2, 0.25) is 0 Å². The summed E-state index contributed by atoms with van der Waals surface area (Å²) < 4.78 is 11.2. The first-order valence-electron chi connectivity index (χ1n) is 16.7. The lowest BCUT2D eigenvalue weighted by atomic mass is 9.98. The molecule has 6 aromatic carbocycles. The first-order chi connectivity index (χ1) is 25.3. The molecule has 0 aliphatic carbocycles. The van der Waals surface area contributed by atoms with Gasteiger partial charge in [-0.3, -0.25) is 0 Å². The molecule has 11 heteroatoms. The van der Waals surface area contributed by atoms with Crippen molar-refractivity contribution in [3.63, 3.8) is 0 Å². The van der Waals surface area contributed by atoms with Gasteiger partial charge in [0, 0.05) is 28.8 Å². The molecule has 0 bridgehead atoms. The average Bonchev–Trinajstić information content (AvgIpc) is 3.16. The van der Waals surface area contributed by atoms with Crippen LogP contribution in [0.1, 0.15) is 27.8 Å². The second kappa shape index (κ2) is 16.0. The van der Waals surface area contributed by atoms with Crippen molar-refractivity contribution in [3.05, 3.63) is 131 Å². The van der Waals surface area contributed by atoms with Crippen molar-refractivity contribution in [1.82, 2.24) is 0 Å². The van der Waals surface area contributed by atoms with Gasteiger partial charge in [0.2, 0.25) is 0 Å². The zero-order valence-electron chi connectivity index (χ0n) is 29.4. The number of benzene rings is 6. The Labute approximate surface area is 301 Å². The summed E-state index contributed by atoms with van der Waals surface area (Å²) in [6.45, 7) is 3.44. The maximum Gasteiger partial charge on any atom is 0.151 e. The number of hydrogen-bond donors (Lipinski definition) is 3. The van der Waals surface area contributed by atoms with E-state index in [9.17, 15) is 10.2 Å². The Hall–Kier alpha value is -6.46. The lowest BCUT2D eigenvalue weighted by Crippen LogP contribution is -1.93.